The van der Waals surface area contributed by atoms with Gasteiger partial charge in [0.2, 0.25) is 4.96 Å². The van der Waals surface area contributed by atoms with Crippen molar-refractivity contribution < 1.29 is 19.0 Å². The van der Waals surface area contributed by atoms with E-state index in [2.05, 4.69) is 25.5 Å². The number of hydrogen-bond acceptors (Lipinski definition) is 9. The number of ether oxygens (including phenoxy) is 3. The average molecular weight is 465 g/mol. The quantitative estimate of drug-likeness (QED) is 0.371. The molecule has 1 N–H and O–H groups in total. The smallest absolute Gasteiger partial charge is 0.294 e. The Hall–Kier alpha value is -4.19. The van der Waals surface area contributed by atoms with Crippen molar-refractivity contribution in [3.8, 4) is 28.1 Å². The molecule has 0 saturated carbocycles. The van der Waals surface area contributed by atoms with Gasteiger partial charge in [-0.1, -0.05) is 6.07 Å². The number of carbonyl (C=O) groups is 1. The molecule has 168 valence electrons. The predicted octanol–water partition coefficient (Wildman–Crippen LogP) is 2.21. The van der Waals surface area contributed by atoms with Crippen LogP contribution in [0.5, 0.6) is 16.7 Å². The van der Waals surface area contributed by atoms with Crippen molar-refractivity contribution in [2.45, 2.75) is 6.54 Å². The normalized spacial score (nSPS) is 11.1. The number of aromatic nitrogens is 6. The lowest BCUT2D eigenvalue weighted by Crippen LogP contribution is -2.28. The van der Waals surface area contributed by atoms with Gasteiger partial charge in [-0.2, -0.15) is 5.10 Å². The van der Waals surface area contributed by atoms with E-state index in [4.69, 9.17) is 14.2 Å². The molecule has 0 aliphatic rings. The van der Waals surface area contributed by atoms with E-state index in [0.717, 1.165) is 5.56 Å². The monoisotopic (exact) mass is 465 g/mol. The fraction of sp³-hybridized carbons (Fsp3) is 0.190. The van der Waals surface area contributed by atoms with Crippen molar-refractivity contribution in [1.82, 2.24) is 34.5 Å². The van der Waals surface area contributed by atoms with E-state index in [0.29, 0.717) is 45.1 Å². The van der Waals surface area contributed by atoms with E-state index in [-0.39, 0.29) is 12.5 Å². The van der Waals surface area contributed by atoms with Gasteiger partial charge in [0, 0.05) is 25.0 Å². The van der Waals surface area contributed by atoms with Gasteiger partial charge in [0.05, 0.1) is 26.6 Å². The number of rotatable bonds is 8. The highest BCUT2D eigenvalue weighted by molar-refractivity contribution is 7.18. The van der Waals surface area contributed by atoms with Gasteiger partial charge in [0.1, 0.15) is 28.4 Å². The molecule has 33 heavy (non-hydrogen) atoms. The topological polar surface area (TPSA) is 117 Å². The fourth-order valence-corrected chi connectivity index (χ4v) is 3.88. The Bertz CT molecular complexity index is 1400. The van der Waals surface area contributed by atoms with Gasteiger partial charge in [-0.3, -0.25) is 9.78 Å². The third kappa shape index (κ3) is 4.28. The van der Waals surface area contributed by atoms with Crippen molar-refractivity contribution >= 4 is 27.7 Å². The highest BCUT2D eigenvalue weighted by Crippen LogP contribution is 2.30. The van der Waals surface area contributed by atoms with Crippen LogP contribution in [0.2, 0.25) is 0 Å². The Morgan fingerprint density at radius 3 is 2.79 bits per heavy atom. The minimum absolute atomic E-state index is 0.159. The van der Waals surface area contributed by atoms with Crippen LogP contribution in [0.25, 0.3) is 21.9 Å². The molecule has 5 rings (SSSR count). The molecule has 1 amide bonds. The molecule has 5 aromatic heterocycles. The molecule has 5 aromatic rings. The first kappa shape index (κ1) is 20.7. The van der Waals surface area contributed by atoms with E-state index >= 15 is 0 Å². The number of methoxy groups -OCH3 is 2. The van der Waals surface area contributed by atoms with E-state index in [1.54, 1.807) is 54.1 Å². The maximum atomic E-state index is 12.3. The van der Waals surface area contributed by atoms with Crippen molar-refractivity contribution in [3.05, 3.63) is 54.6 Å². The minimum atomic E-state index is -0.256. The molecule has 0 radical (unpaired) electrons. The maximum absolute atomic E-state index is 12.3. The molecule has 0 aliphatic carbocycles. The molecule has 0 spiro atoms. The van der Waals surface area contributed by atoms with Gasteiger partial charge in [-0.05, 0) is 29.0 Å². The third-order valence-corrected chi connectivity index (χ3v) is 5.66. The summed E-state index contributed by atoms with van der Waals surface area (Å²) in [6.45, 7) is 0.212. The molecule has 5 heterocycles. The SMILES string of the molecule is COc1cc(OCC(=O)NCc2cccnc2)c2cc(-c3cn4nc(OC)sc4n3)nn2c1. The van der Waals surface area contributed by atoms with E-state index < -0.39 is 0 Å². The van der Waals surface area contributed by atoms with Crippen LogP contribution in [0.4, 0.5) is 0 Å². The van der Waals surface area contributed by atoms with Crippen molar-refractivity contribution in [2.75, 3.05) is 20.8 Å². The first-order valence-electron chi connectivity index (χ1n) is 9.89. The Balaban J connectivity index is 1.36. The van der Waals surface area contributed by atoms with Gasteiger partial charge in [0.25, 0.3) is 11.1 Å². The Kier molecular flexibility index (Phi) is 5.48. The fourth-order valence-electron chi connectivity index (χ4n) is 3.18. The van der Waals surface area contributed by atoms with E-state index in [1.165, 1.54) is 11.3 Å². The standard InChI is InChI=1S/C21H19N7O4S/c1-30-14-6-18(32-12-19(29)23-9-13-4-3-5-22-8-13)17-7-15(25-27(17)10-14)16-11-28-20(24-16)33-21(26-28)31-2/h3-8,10-11H,9,12H2,1-2H3,(H,23,29). The van der Waals surface area contributed by atoms with Gasteiger partial charge >= 0.3 is 0 Å². The molecular formula is C21H19N7O4S. The van der Waals surface area contributed by atoms with Crippen molar-refractivity contribution in [1.29, 1.82) is 0 Å². The summed E-state index contributed by atoms with van der Waals surface area (Å²) in [5.41, 5.74) is 2.86. The number of nitrogens with zero attached hydrogens (tertiary/aromatic N) is 6. The summed E-state index contributed by atoms with van der Waals surface area (Å²) >= 11 is 1.33. The number of carbonyl (C=O) groups excluding carboxylic acids is 1. The second-order valence-corrected chi connectivity index (χ2v) is 7.87. The molecule has 12 heteroatoms. The summed E-state index contributed by atoms with van der Waals surface area (Å²) in [5, 5.41) is 12.2. The lowest BCUT2D eigenvalue weighted by molar-refractivity contribution is -0.123. The molecule has 0 saturated heterocycles. The molecule has 0 bridgehead atoms. The lowest BCUT2D eigenvalue weighted by atomic mass is 10.3. The average Bonchev–Trinajstić information content (AvgIpc) is 3.54. The van der Waals surface area contributed by atoms with Crippen LogP contribution in [0.1, 0.15) is 5.56 Å². The number of amides is 1. The van der Waals surface area contributed by atoms with E-state index in [1.807, 2.05) is 18.2 Å². The van der Waals surface area contributed by atoms with E-state index in [9.17, 15) is 4.79 Å². The molecular weight excluding hydrogens is 446 g/mol. The summed E-state index contributed by atoms with van der Waals surface area (Å²) in [6.07, 6.45) is 6.89. The first-order valence-corrected chi connectivity index (χ1v) is 10.7. The van der Waals surface area contributed by atoms with Gasteiger partial charge in [-0.15, -0.1) is 5.10 Å². The van der Waals surface area contributed by atoms with Crippen LogP contribution in [0.3, 0.4) is 0 Å². The number of imidazole rings is 1. The zero-order valence-electron chi connectivity index (χ0n) is 17.8. The van der Waals surface area contributed by atoms with Crippen LogP contribution < -0.4 is 19.5 Å². The highest BCUT2D eigenvalue weighted by atomic mass is 32.1. The second kappa shape index (κ2) is 8.74. The Morgan fingerprint density at radius 1 is 1.12 bits per heavy atom. The largest absolute Gasteiger partial charge is 0.495 e. The molecule has 0 unspecified atom stereocenters. The van der Waals surface area contributed by atoms with Crippen LogP contribution in [0, 0.1) is 0 Å². The van der Waals surface area contributed by atoms with Crippen molar-refractivity contribution in [2.24, 2.45) is 0 Å². The highest BCUT2D eigenvalue weighted by Gasteiger charge is 2.16. The van der Waals surface area contributed by atoms with Crippen molar-refractivity contribution in [3.63, 3.8) is 0 Å². The summed E-state index contributed by atoms with van der Waals surface area (Å²) in [5.74, 6) is 0.750. The predicted molar refractivity (Wildman–Crippen MR) is 120 cm³/mol. The second-order valence-electron chi connectivity index (χ2n) is 6.96. The number of hydrogen-bond donors (Lipinski definition) is 1. The summed E-state index contributed by atoms with van der Waals surface area (Å²) in [4.78, 5) is 21.6. The summed E-state index contributed by atoms with van der Waals surface area (Å²) in [6, 6.07) is 7.26. The van der Waals surface area contributed by atoms with Crippen LogP contribution >= 0.6 is 11.3 Å². The first-order chi connectivity index (χ1) is 16.1. The maximum Gasteiger partial charge on any atom is 0.294 e. The lowest BCUT2D eigenvalue weighted by Gasteiger charge is -2.10. The number of nitrogens with one attached hydrogen (secondary N) is 1. The minimum Gasteiger partial charge on any atom is -0.495 e. The molecule has 0 aliphatic heterocycles. The molecule has 11 nitrogen and oxygen atoms in total. The van der Waals surface area contributed by atoms with Crippen LogP contribution in [-0.4, -0.2) is 55.9 Å². The summed E-state index contributed by atoms with van der Waals surface area (Å²) in [7, 11) is 3.12. The summed E-state index contributed by atoms with van der Waals surface area (Å²) < 4.78 is 19.6. The van der Waals surface area contributed by atoms with Crippen LogP contribution in [-0.2, 0) is 11.3 Å². The van der Waals surface area contributed by atoms with Gasteiger partial charge < -0.3 is 19.5 Å². The molecule has 0 fully saturated rings. The van der Waals surface area contributed by atoms with Gasteiger partial charge in [0.15, 0.2) is 6.61 Å². The van der Waals surface area contributed by atoms with Gasteiger partial charge in [-0.25, -0.2) is 14.0 Å². The zero-order valence-corrected chi connectivity index (χ0v) is 18.6. The Labute approximate surface area is 191 Å². The Morgan fingerprint density at radius 2 is 2.03 bits per heavy atom. The number of fused-ring (bicyclic) bond motifs is 2. The molecule has 0 aromatic carbocycles. The number of pyridine rings is 2. The van der Waals surface area contributed by atoms with Crippen LogP contribution in [0.15, 0.2) is 49.1 Å². The molecule has 0 atom stereocenters. The zero-order chi connectivity index (χ0) is 22.8. The third-order valence-electron chi connectivity index (χ3n) is 4.78.